The highest BCUT2D eigenvalue weighted by atomic mass is 79.9. The molecule has 1 aromatic heterocycles. The summed E-state index contributed by atoms with van der Waals surface area (Å²) in [5.74, 6) is 0.792. The number of aromatic nitrogens is 2. The lowest BCUT2D eigenvalue weighted by Crippen LogP contribution is -2.01. The second-order valence-electron chi connectivity index (χ2n) is 4.53. The van der Waals surface area contributed by atoms with E-state index in [-0.39, 0.29) is 0 Å². The molecule has 0 amide bonds. The average Bonchev–Trinajstić information content (AvgIpc) is 2.39. The summed E-state index contributed by atoms with van der Waals surface area (Å²) in [6.07, 6.45) is 4.00. The van der Waals surface area contributed by atoms with E-state index in [1.54, 1.807) is 0 Å². The molecule has 2 rings (SSSR count). The Morgan fingerprint density at radius 3 is 2.68 bits per heavy atom. The molecule has 0 N–H and O–H groups in total. The molecule has 2 aromatic rings. The smallest absolute Gasteiger partial charge is 0.160 e. The minimum atomic E-state index is 0.792. The number of hydrogen-bond donors (Lipinski definition) is 0. The third kappa shape index (κ3) is 3.42. The number of hydrogen-bond acceptors (Lipinski definition) is 2. The zero-order chi connectivity index (χ0) is 13.8. The SMILES string of the molecule is CCCc1nc(-c2ccc(C)cc2Br)ncc1CBr. The fourth-order valence-electron chi connectivity index (χ4n) is 1.94. The summed E-state index contributed by atoms with van der Waals surface area (Å²) in [7, 11) is 0. The normalized spacial score (nSPS) is 10.7. The summed E-state index contributed by atoms with van der Waals surface area (Å²) in [5.41, 5.74) is 4.58. The zero-order valence-corrected chi connectivity index (χ0v) is 14.3. The van der Waals surface area contributed by atoms with Gasteiger partial charge in [0.25, 0.3) is 0 Å². The van der Waals surface area contributed by atoms with E-state index < -0.39 is 0 Å². The Bertz CT molecular complexity index is 582. The Balaban J connectivity index is 2.47. The van der Waals surface area contributed by atoms with Crippen molar-refractivity contribution in [2.24, 2.45) is 0 Å². The molecule has 0 unspecified atom stereocenters. The molecular weight excluding hydrogens is 368 g/mol. The van der Waals surface area contributed by atoms with Crippen LogP contribution in [0.1, 0.15) is 30.2 Å². The Kier molecular flexibility index (Phi) is 5.11. The van der Waals surface area contributed by atoms with E-state index in [2.05, 4.69) is 68.9 Å². The van der Waals surface area contributed by atoms with Crippen LogP contribution in [-0.2, 0) is 11.8 Å². The predicted molar refractivity (Wildman–Crippen MR) is 86.5 cm³/mol. The number of rotatable bonds is 4. The van der Waals surface area contributed by atoms with Crippen LogP contribution in [0.3, 0.4) is 0 Å². The van der Waals surface area contributed by atoms with E-state index in [4.69, 9.17) is 4.98 Å². The molecule has 0 fully saturated rings. The van der Waals surface area contributed by atoms with Gasteiger partial charge in [-0.2, -0.15) is 0 Å². The van der Waals surface area contributed by atoms with Gasteiger partial charge in [-0.25, -0.2) is 9.97 Å². The van der Waals surface area contributed by atoms with Gasteiger partial charge in [0.2, 0.25) is 0 Å². The molecule has 0 aliphatic rings. The summed E-state index contributed by atoms with van der Waals surface area (Å²) in [4.78, 5) is 9.20. The van der Waals surface area contributed by atoms with Crippen LogP contribution in [-0.4, -0.2) is 9.97 Å². The fourth-order valence-corrected chi connectivity index (χ4v) is 3.08. The molecule has 0 radical (unpaired) electrons. The van der Waals surface area contributed by atoms with Gasteiger partial charge in [-0.05, 0) is 31.0 Å². The Morgan fingerprint density at radius 2 is 2.05 bits per heavy atom. The van der Waals surface area contributed by atoms with E-state index in [1.807, 2.05) is 6.20 Å². The van der Waals surface area contributed by atoms with Crippen molar-refractivity contribution in [1.82, 2.24) is 9.97 Å². The van der Waals surface area contributed by atoms with Gasteiger partial charge in [0.15, 0.2) is 5.82 Å². The quantitative estimate of drug-likeness (QED) is 0.689. The monoisotopic (exact) mass is 382 g/mol. The van der Waals surface area contributed by atoms with Crippen molar-refractivity contribution >= 4 is 31.9 Å². The molecule has 2 nitrogen and oxygen atoms in total. The number of alkyl halides is 1. The lowest BCUT2D eigenvalue weighted by Gasteiger charge is -2.09. The van der Waals surface area contributed by atoms with E-state index in [0.29, 0.717) is 0 Å². The van der Waals surface area contributed by atoms with E-state index >= 15 is 0 Å². The third-order valence-corrected chi connectivity index (χ3v) is 4.21. The minimum absolute atomic E-state index is 0.792. The molecule has 0 bridgehead atoms. The molecule has 100 valence electrons. The van der Waals surface area contributed by atoms with Crippen LogP contribution in [0.5, 0.6) is 0 Å². The van der Waals surface area contributed by atoms with Crippen LogP contribution in [0, 0.1) is 6.92 Å². The van der Waals surface area contributed by atoms with Gasteiger partial charge in [-0.3, -0.25) is 0 Å². The molecule has 0 aliphatic carbocycles. The minimum Gasteiger partial charge on any atom is -0.236 e. The first kappa shape index (κ1) is 14.7. The lowest BCUT2D eigenvalue weighted by atomic mass is 10.1. The van der Waals surface area contributed by atoms with Crippen molar-refractivity contribution in [2.75, 3.05) is 0 Å². The lowest BCUT2D eigenvalue weighted by molar-refractivity contribution is 0.860. The van der Waals surface area contributed by atoms with Crippen LogP contribution < -0.4 is 0 Å². The standard InChI is InChI=1S/C15H16Br2N2/c1-3-4-14-11(8-16)9-18-15(19-14)12-6-5-10(2)7-13(12)17/h5-7,9H,3-4,8H2,1-2H3. The van der Waals surface area contributed by atoms with Gasteiger partial charge in [-0.1, -0.05) is 51.3 Å². The largest absolute Gasteiger partial charge is 0.236 e. The topological polar surface area (TPSA) is 25.8 Å². The van der Waals surface area contributed by atoms with Crippen molar-refractivity contribution in [2.45, 2.75) is 32.0 Å². The molecule has 1 aromatic carbocycles. The van der Waals surface area contributed by atoms with Crippen molar-refractivity contribution in [3.63, 3.8) is 0 Å². The van der Waals surface area contributed by atoms with Crippen LogP contribution in [0.15, 0.2) is 28.9 Å². The summed E-state index contributed by atoms with van der Waals surface area (Å²) in [6, 6.07) is 6.25. The highest BCUT2D eigenvalue weighted by Gasteiger charge is 2.10. The summed E-state index contributed by atoms with van der Waals surface area (Å²) < 4.78 is 1.04. The first-order valence-electron chi connectivity index (χ1n) is 6.33. The van der Waals surface area contributed by atoms with Crippen LogP contribution in [0.4, 0.5) is 0 Å². The van der Waals surface area contributed by atoms with Gasteiger partial charge < -0.3 is 0 Å². The maximum Gasteiger partial charge on any atom is 0.160 e. The van der Waals surface area contributed by atoms with Gasteiger partial charge in [-0.15, -0.1) is 0 Å². The number of nitrogens with zero attached hydrogens (tertiary/aromatic N) is 2. The highest BCUT2D eigenvalue weighted by molar-refractivity contribution is 9.10. The zero-order valence-electron chi connectivity index (χ0n) is 11.1. The van der Waals surface area contributed by atoms with E-state index in [1.165, 1.54) is 11.1 Å². The second kappa shape index (κ2) is 6.62. The predicted octanol–water partition coefficient (Wildman–Crippen LogP) is 5.06. The van der Waals surface area contributed by atoms with Gasteiger partial charge in [0.05, 0.1) is 0 Å². The summed E-state index contributed by atoms with van der Waals surface area (Å²) in [5, 5.41) is 0.803. The van der Waals surface area contributed by atoms with Crippen molar-refractivity contribution in [3.8, 4) is 11.4 Å². The third-order valence-electron chi connectivity index (χ3n) is 2.95. The van der Waals surface area contributed by atoms with Crippen LogP contribution in [0.25, 0.3) is 11.4 Å². The second-order valence-corrected chi connectivity index (χ2v) is 5.95. The maximum absolute atomic E-state index is 4.72. The molecule has 19 heavy (non-hydrogen) atoms. The van der Waals surface area contributed by atoms with Crippen LogP contribution in [0.2, 0.25) is 0 Å². The number of halogens is 2. The van der Waals surface area contributed by atoms with Crippen molar-refractivity contribution < 1.29 is 0 Å². The fraction of sp³-hybridized carbons (Fsp3) is 0.333. The maximum atomic E-state index is 4.72. The molecule has 0 aliphatic heterocycles. The Morgan fingerprint density at radius 1 is 1.26 bits per heavy atom. The molecule has 0 atom stereocenters. The van der Waals surface area contributed by atoms with Gasteiger partial charge in [0.1, 0.15) is 0 Å². The summed E-state index contributed by atoms with van der Waals surface area (Å²) in [6.45, 7) is 4.24. The first-order valence-corrected chi connectivity index (χ1v) is 8.24. The molecule has 0 saturated heterocycles. The van der Waals surface area contributed by atoms with E-state index in [0.717, 1.165) is 39.7 Å². The molecule has 4 heteroatoms. The van der Waals surface area contributed by atoms with Crippen molar-refractivity contribution in [3.05, 3.63) is 45.7 Å². The molecule has 0 spiro atoms. The van der Waals surface area contributed by atoms with E-state index in [9.17, 15) is 0 Å². The Hall–Kier alpha value is -0.740. The van der Waals surface area contributed by atoms with Gasteiger partial charge in [0, 0.05) is 32.8 Å². The average molecular weight is 384 g/mol. The molecular formula is C15H16Br2N2. The Labute approximate surface area is 130 Å². The van der Waals surface area contributed by atoms with Crippen molar-refractivity contribution in [1.29, 1.82) is 0 Å². The number of aryl methyl sites for hydroxylation is 2. The molecule has 0 saturated carbocycles. The first-order chi connectivity index (χ1) is 9.15. The summed E-state index contributed by atoms with van der Waals surface area (Å²) >= 11 is 7.09. The molecule has 1 heterocycles. The van der Waals surface area contributed by atoms with Crippen LogP contribution >= 0.6 is 31.9 Å². The highest BCUT2D eigenvalue weighted by Crippen LogP contribution is 2.27. The van der Waals surface area contributed by atoms with Gasteiger partial charge >= 0.3 is 0 Å². The number of benzene rings is 1.